The highest BCUT2D eigenvalue weighted by Crippen LogP contribution is 2.06. The SMILES string of the molecule is CCCCCCC(N)C=C(C)C. The summed E-state index contributed by atoms with van der Waals surface area (Å²) in [6.45, 7) is 6.44. The number of unbranched alkanes of at least 4 members (excludes halogenated alkanes) is 3. The second kappa shape index (κ2) is 7.35. The molecule has 0 amide bonds. The van der Waals surface area contributed by atoms with E-state index in [4.69, 9.17) is 5.73 Å². The molecule has 0 radical (unpaired) electrons. The van der Waals surface area contributed by atoms with E-state index >= 15 is 0 Å². The quantitative estimate of drug-likeness (QED) is 0.479. The van der Waals surface area contributed by atoms with Crippen molar-refractivity contribution in [3.63, 3.8) is 0 Å². The summed E-state index contributed by atoms with van der Waals surface area (Å²) in [5, 5.41) is 0. The highest BCUT2D eigenvalue weighted by atomic mass is 14.6. The van der Waals surface area contributed by atoms with E-state index in [1.807, 2.05) is 0 Å². The number of rotatable bonds is 6. The third-order valence-electron chi connectivity index (χ3n) is 1.94. The van der Waals surface area contributed by atoms with E-state index in [1.165, 1.54) is 31.3 Å². The van der Waals surface area contributed by atoms with Crippen LogP contribution in [0.15, 0.2) is 11.6 Å². The maximum atomic E-state index is 5.88. The Morgan fingerprint density at radius 3 is 2.42 bits per heavy atom. The topological polar surface area (TPSA) is 26.0 Å². The fraction of sp³-hybridized carbons (Fsp3) is 0.818. The van der Waals surface area contributed by atoms with Crippen LogP contribution in [0.25, 0.3) is 0 Å². The van der Waals surface area contributed by atoms with Crippen molar-refractivity contribution >= 4 is 0 Å². The standard InChI is InChI=1S/C11H23N/c1-4-5-6-7-8-11(12)9-10(2)3/h9,11H,4-8,12H2,1-3H3. The minimum absolute atomic E-state index is 0.284. The van der Waals surface area contributed by atoms with E-state index in [0.29, 0.717) is 0 Å². The van der Waals surface area contributed by atoms with Crippen LogP contribution in [0.2, 0.25) is 0 Å². The molecule has 0 rings (SSSR count). The number of nitrogens with two attached hydrogens (primary N) is 1. The van der Waals surface area contributed by atoms with Gasteiger partial charge in [0.05, 0.1) is 0 Å². The fourth-order valence-electron chi connectivity index (χ4n) is 1.32. The Bertz CT molecular complexity index is 123. The van der Waals surface area contributed by atoms with Gasteiger partial charge in [0.1, 0.15) is 0 Å². The van der Waals surface area contributed by atoms with Gasteiger partial charge in [-0.2, -0.15) is 0 Å². The Morgan fingerprint density at radius 2 is 1.92 bits per heavy atom. The molecule has 0 spiro atoms. The van der Waals surface area contributed by atoms with Crippen LogP contribution in [0, 0.1) is 0 Å². The van der Waals surface area contributed by atoms with Gasteiger partial charge in [0, 0.05) is 6.04 Å². The van der Waals surface area contributed by atoms with E-state index < -0.39 is 0 Å². The van der Waals surface area contributed by atoms with E-state index in [0.717, 1.165) is 6.42 Å². The first-order chi connectivity index (χ1) is 5.66. The molecular weight excluding hydrogens is 146 g/mol. The van der Waals surface area contributed by atoms with Crippen molar-refractivity contribution in [2.45, 2.75) is 58.9 Å². The molecule has 0 saturated heterocycles. The van der Waals surface area contributed by atoms with E-state index in [-0.39, 0.29) is 6.04 Å². The lowest BCUT2D eigenvalue weighted by Gasteiger charge is -2.06. The summed E-state index contributed by atoms with van der Waals surface area (Å²) in [6.07, 6.45) is 8.57. The predicted octanol–water partition coefficient (Wildman–Crippen LogP) is 3.25. The second-order valence-corrected chi connectivity index (χ2v) is 3.76. The molecular formula is C11H23N. The molecule has 1 heteroatoms. The van der Waals surface area contributed by atoms with E-state index in [2.05, 4.69) is 26.8 Å². The largest absolute Gasteiger partial charge is 0.324 e. The Hall–Kier alpha value is -0.300. The molecule has 0 aliphatic heterocycles. The van der Waals surface area contributed by atoms with Crippen LogP contribution in [0.1, 0.15) is 52.9 Å². The van der Waals surface area contributed by atoms with Gasteiger partial charge < -0.3 is 5.73 Å². The molecule has 0 aliphatic carbocycles. The summed E-state index contributed by atoms with van der Waals surface area (Å²) >= 11 is 0. The van der Waals surface area contributed by atoms with Gasteiger partial charge in [-0.3, -0.25) is 0 Å². The van der Waals surface area contributed by atoms with E-state index in [1.54, 1.807) is 0 Å². The van der Waals surface area contributed by atoms with Gasteiger partial charge in [-0.1, -0.05) is 44.3 Å². The lowest BCUT2D eigenvalue weighted by atomic mass is 10.1. The molecule has 72 valence electrons. The summed E-state index contributed by atoms with van der Waals surface area (Å²) in [6, 6.07) is 0.284. The molecule has 1 atom stereocenters. The van der Waals surface area contributed by atoms with Crippen LogP contribution < -0.4 is 5.73 Å². The Morgan fingerprint density at radius 1 is 1.25 bits per heavy atom. The first kappa shape index (κ1) is 11.7. The van der Waals surface area contributed by atoms with Gasteiger partial charge in [-0.25, -0.2) is 0 Å². The third-order valence-corrected chi connectivity index (χ3v) is 1.94. The van der Waals surface area contributed by atoms with Crippen molar-refractivity contribution in [1.29, 1.82) is 0 Å². The zero-order valence-corrected chi connectivity index (χ0v) is 8.77. The highest BCUT2D eigenvalue weighted by Gasteiger charge is 1.96. The average Bonchev–Trinajstić information content (AvgIpc) is 1.97. The lowest BCUT2D eigenvalue weighted by molar-refractivity contribution is 0.598. The highest BCUT2D eigenvalue weighted by molar-refractivity contribution is 4.99. The van der Waals surface area contributed by atoms with Crippen LogP contribution in [0.4, 0.5) is 0 Å². The maximum absolute atomic E-state index is 5.88. The minimum Gasteiger partial charge on any atom is -0.324 e. The molecule has 0 saturated carbocycles. The normalized spacial score (nSPS) is 12.7. The van der Waals surface area contributed by atoms with Crippen LogP contribution in [0.3, 0.4) is 0 Å². The van der Waals surface area contributed by atoms with Crippen molar-refractivity contribution < 1.29 is 0 Å². The minimum atomic E-state index is 0.284. The van der Waals surface area contributed by atoms with Gasteiger partial charge in [0.15, 0.2) is 0 Å². The van der Waals surface area contributed by atoms with Crippen LogP contribution >= 0.6 is 0 Å². The van der Waals surface area contributed by atoms with Crippen molar-refractivity contribution in [3.05, 3.63) is 11.6 Å². The van der Waals surface area contributed by atoms with Gasteiger partial charge in [0.25, 0.3) is 0 Å². The summed E-state index contributed by atoms with van der Waals surface area (Å²) in [5.41, 5.74) is 7.21. The van der Waals surface area contributed by atoms with Crippen molar-refractivity contribution in [2.75, 3.05) is 0 Å². The molecule has 1 nitrogen and oxygen atoms in total. The van der Waals surface area contributed by atoms with Crippen LogP contribution in [0.5, 0.6) is 0 Å². The van der Waals surface area contributed by atoms with Gasteiger partial charge in [0.2, 0.25) is 0 Å². The lowest BCUT2D eigenvalue weighted by Crippen LogP contribution is -2.16. The Labute approximate surface area is 77.0 Å². The second-order valence-electron chi connectivity index (χ2n) is 3.76. The summed E-state index contributed by atoms with van der Waals surface area (Å²) in [5.74, 6) is 0. The van der Waals surface area contributed by atoms with Crippen molar-refractivity contribution in [2.24, 2.45) is 5.73 Å². The molecule has 0 aromatic rings. The Balaban J connectivity index is 3.32. The van der Waals surface area contributed by atoms with Gasteiger partial charge in [-0.05, 0) is 20.3 Å². The molecule has 12 heavy (non-hydrogen) atoms. The first-order valence-electron chi connectivity index (χ1n) is 5.07. The van der Waals surface area contributed by atoms with Crippen LogP contribution in [-0.2, 0) is 0 Å². The zero-order chi connectivity index (χ0) is 9.40. The zero-order valence-electron chi connectivity index (χ0n) is 8.77. The van der Waals surface area contributed by atoms with Crippen LogP contribution in [-0.4, -0.2) is 6.04 Å². The predicted molar refractivity (Wildman–Crippen MR) is 56.2 cm³/mol. The monoisotopic (exact) mass is 169 g/mol. The first-order valence-corrected chi connectivity index (χ1v) is 5.07. The molecule has 0 heterocycles. The van der Waals surface area contributed by atoms with Crippen molar-refractivity contribution in [1.82, 2.24) is 0 Å². The Kier molecular flexibility index (Phi) is 7.17. The molecule has 1 unspecified atom stereocenters. The van der Waals surface area contributed by atoms with Gasteiger partial charge >= 0.3 is 0 Å². The smallest absolute Gasteiger partial charge is 0.0226 e. The molecule has 2 N–H and O–H groups in total. The van der Waals surface area contributed by atoms with Crippen molar-refractivity contribution in [3.8, 4) is 0 Å². The molecule has 0 fully saturated rings. The molecule has 0 aliphatic rings. The maximum Gasteiger partial charge on any atom is 0.0226 e. The van der Waals surface area contributed by atoms with Gasteiger partial charge in [-0.15, -0.1) is 0 Å². The number of allylic oxidation sites excluding steroid dienone is 1. The van der Waals surface area contributed by atoms with E-state index in [9.17, 15) is 0 Å². The number of hydrogen-bond acceptors (Lipinski definition) is 1. The molecule has 0 aromatic carbocycles. The summed E-state index contributed by atoms with van der Waals surface area (Å²) < 4.78 is 0. The third kappa shape index (κ3) is 7.80. The summed E-state index contributed by atoms with van der Waals surface area (Å²) in [7, 11) is 0. The average molecular weight is 169 g/mol. The summed E-state index contributed by atoms with van der Waals surface area (Å²) in [4.78, 5) is 0. The molecule has 0 aromatic heterocycles. The fourth-order valence-corrected chi connectivity index (χ4v) is 1.32. The number of hydrogen-bond donors (Lipinski definition) is 1. The molecule has 0 bridgehead atoms.